The smallest absolute Gasteiger partial charge is 0.327 e. The van der Waals surface area contributed by atoms with Crippen LogP contribution in [0.15, 0.2) is 22.7 Å². The first-order valence-electron chi connectivity index (χ1n) is 5.83. The van der Waals surface area contributed by atoms with E-state index in [-0.39, 0.29) is 5.97 Å². The number of benzene rings is 1. The lowest BCUT2D eigenvalue weighted by atomic mass is 10.1. The average Bonchev–Trinajstić information content (AvgIpc) is 3.19. The van der Waals surface area contributed by atoms with E-state index in [0.29, 0.717) is 6.04 Å². The van der Waals surface area contributed by atoms with Crippen LogP contribution in [0, 0.1) is 0 Å². The van der Waals surface area contributed by atoms with Gasteiger partial charge in [-0.3, -0.25) is 5.32 Å². The number of halogens is 1. The Morgan fingerprint density at radius 1 is 1.44 bits per heavy atom. The minimum atomic E-state index is -0.412. The fourth-order valence-electron chi connectivity index (χ4n) is 1.77. The highest BCUT2D eigenvalue weighted by atomic mass is 79.9. The minimum Gasteiger partial charge on any atom is -0.496 e. The Bertz CT molecular complexity index is 446. The monoisotopic (exact) mass is 313 g/mol. The molecule has 1 fully saturated rings. The van der Waals surface area contributed by atoms with E-state index in [9.17, 15) is 4.79 Å². The minimum absolute atomic E-state index is 0.265. The van der Waals surface area contributed by atoms with E-state index < -0.39 is 6.04 Å². The van der Waals surface area contributed by atoms with Crippen molar-refractivity contribution < 1.29 is 14.3 Å². The van der Waals surface area contributed by atoms with Crippen molar-refractivity contribution >= 4 is 21.9 Å². The average molecular weight is 314 g/mol. The van der Waals surface area contributed by atoms with Gasteiger partial charge in [0.1, 0.15) is 11.8 Å². The summed E-state index contributed by atoms with van der Waals surface area (Å²) in [5.41, 5.74) is 0.876. The van der Waals surface area contributed by atoms with Gasteiger partial charge in [-0.05, 0) is 46.5 Å². The number of hydrogen-bond donors (Lipinski definition) is 1. The number of carbonyl (C=O) groups is 1. The van der Waals surface area contributed by atoms with Gasteiger partial charge in [0.2, 0.25) is 0 Å². The zero-order valence-electron chi connectivity index (χ0n) is 10.4. The van der Waals surface area contributed by atoms with E-state index in [1.54, 1.807) is 7.11 Å². The van der Waals surface area contributed by atoms with Crippen LogP contribution in [0.5, 0.6) is 5.75 Å². The van der Waals surface area contributed by atoms with Gasteiger partial charge in [0.15, 0.2) is 0 Å². The Balaban J connectivity index is 2.23. The molecule has 18 heavy (non-hydrogen) atoms. The van der Waals surface area contributed by atoms with Gasteiger partial charge in [-0.25, -0.2) is 4.79 Å². The van der Waals surface area contributed by atoms with Gasteiger partial charge in [0.05, 0.1) is 18.7 Å². The zero-order chi connectivity index (χ0) is 13.1. The Labute approximate surface area is 115 Å². The molecule has 0 saturated heterocycles. The molecule has 1 unspecified atom stereocenters. The first-order chi connectivity index (χ1) is 8.65. The quantitative estimate of drug-likeness (QED) is 0.848. The second-order valence-electron chi connectivity index (χ2n) is 4.29. The van der Waals surface area contributed by atoms with Crippen LogP contribution in [0.2, 0.25) is 0 Å². The molecule has 0 spiro atoms. The Kier molecular flexibility index (Phi) is 4.24. The molecular formula is C13H16BrNO3. The molecule has 1 saturated carbocycles. The molecule has 5 heteroatoms. The van der Waals surface area contributed by atoms with Crippen molar-refractivity contribution in [2.45, 2.75) is 24.9 Å². The lowest BCUT2D eigenvalue weighted by Gasteiger charge is -2.17. The van der Waals surface area contributed by atoms with Crippen molar-refractivity contribution in [2.75, 3.05) is 14.2 Å². The van der Waals surface area contributed by atoms with Crippen molar-refractivity contribution in [1.29, 1.82) is 0 Å². The fraction of sp³-hybridized carbons (Fsp3) is 0.462. The second-order valence-corrected chi connectivity index (χ2v) is 5.15. The Morgan fingerprint density at radius 2 is 2.17 bits per heavy atom. The SMILES string of the molecule is COC(=O)C(NC1CC1)c1ccc(OC)c(Br)c1. The van der Waals surface area contributed by atoms with Gasteiger partial charge in [-0.15, -0.1) is 0 Å². The summed E-state index contributed by atoms with van der Waals surface area (Å²) in [4.78, 5) is 11.8. The number of methoxy groups -OCH3 is 2. The van der Waals surface area contributed by atoms with E-state index in [4.69, 9.17) is 9.47 Å². The maximum atomic E-state index is 11.8. The van der Waals surface area contributed by atoms with Crippen molar-refractivity contribution in [3.8, 4) is 5.75 Å². The molecule has 2 rings (SSSR count). The highest BCUT2D eigenvalue weighted by molar-refractivity contribution is 9.10. The normalized spacial score (nSPS) is 16.2. The number of nitrogens with one attached hydrogen (secondary N) is 1. The highest BCUT2D eigenvalue weighted by Gasteiger charge is 2.30. The van der Waals surface area contributed by atoms with Crippen molar-refractivity contribution in [2.24, 2.45) is 0 Å². The van der Waals surface area contributed by atoms with Gasteiger partial charge in [-0.2, -0.15) is 0 Å². The predicted octanol–water partition coefficient (Wildman–Crippen LogP) is 2.42. The van der Waals surface area contributed by atoms with Crippen LogP contribution < -0.4 is 10.1 Å². The van der Waals surface area contributed by atoms with Gasteiger partial charge in [0, 0.05) is 6.04 Å². The molecule has 1 aliphatic rings. The molecule has 0 radical (unpaired) electrons. The van der Waals surface area contributed by atoms with Crippen LogP contribution in [-0.4, -0.2) is 26.2 Å². The van der Waals surface area contributed by atoms with Gasteiger partial charge >= 0.3 is 5.97 Å². The highest BCUT2D eigenvalue weighted by Crippen LogP contribution is 2.30. The molecule has 1 aliphatic carbocycles. The summed E-state index contributed by atoms with van der Waals surface area (Å²) < 4.78 is 10.8. The zero-order valence-corrected chi connectivity index (χ0v) is 12.0. The summed E-state index contributed by atoms with van der Waals surface area (Å²) in [5.74, 6) is 0.479. The molecule has 0 amide bonds. The summed E-state index contributed by atoms with van der Waals surface area (Å²) >= 11 is 3.42. The number of rotatable bonds is 5. The molecular weight excluding hydrogens is 298 g/mol. The third-order valence-electron chi connectivity index (χ3n) is 2.93. The topological polar surface area (TPSA) is 47.6 Å². The first-order valence-corrected chi connectivity index (χ1v) is 6.62. The van der Waals surface area contributed by atoms with E-state index in [1.165, 1.54) is 7.11 Å². The molecule has 0 heterocycles. The number of hydrogen-bond acceptors (Lipinski definition) is 4. The van der Waals surface area contributed by atoms with Crippen molar-refractivity contribution in [3.05, 3.63) is 28.2 Å². The van der Waals surface area contributed by atoms with Crippen LogP contribution in [0.4, 0.5) is 0 Å². The Hall–Kier alpha value is -1.07. The molecule has 1 aromatic carbocycles. The van der Waals surface area contributed by atoms with Crippen molar-refractivity contribution in [1.82, 2.24) is 5.32 Å². The summed E-state index contributed by atoms with van der Waals surface area (Å²) in [7, 11) is 3.02. The summed E-state index contributed by atoms with van der Waals surface area (Å²) in [5, 5.41) is 3.29. The second kappa shape index (κ2) is 5.71. The lowest BCUT2D eigenvalue weighted by molar-refractivity contribution is -0.143. The fourth-order valence-corrected chi connectivity index (χ4v) is 2.32. The largest absolute Gasteiger partial charge is 0.496 e. The molecule has 0 aliphatic heterocycles. The van der Waals surface area contributed by atoms with Crippen LogP contribution in [-0.2, 0) is 9.53 Å². The molecule has 1 N–H and O–H groups in total. The van der Waals surface area contributed by atoms with E-state index >= 15 is 0 Å². The number of ether oxygens (including phenoxy) is 2. The van der Waals surface area contributed by atoms with E-state index in [2.05, 4.69) is 21.2 Å². The summed E-state index contributed by atoms with van der Waals surface area (Å²) in [6, 6.07) is 5.61. The predicted molar refractivity (Wildman–Crippen MR) is 71.6 cm³/mol. The van der Waals surface area contributed by atoms with Gasteiger partial charge < -0.3 is 9.47 Å². The molecule has 98 valence electrons. The molecule has 1 aromatic rings. The maximum absolute atomic E-state index is 11.8. The van der Waals surface area contributed by atoms with Gasteiger partial charge in [0.25, 0.3) is 0 Å². The van der Waals surface area contributed by atoms with Gasteiger partial charge in [-0.1, -0.05) is 6.07 Å². The van der Waals surface area contributed by atoms with Crippen LogP contribution in [0.25, 0.3) is 0 Å². The van der Waals surface area contributed by atoms with Crippen molar-refractivity contribution in [3.63, 3.8) is 0 Å². The van der Waals surface area contributed by atoms with E-state index in [1.807, 2.05) is 18.2 Å². The molecule has 0 bridgehead atoms. The van der Waals surface area contributed by atoms with Crippen LogP contribution in [0.3, 0.4) is 0 Å². The summed E-state index contributed by atoms with van der Waals surface area (Å²) in [6.07, 6.45) is 2.23. The third-order valence-corrected chi connectivity index (χ3v) is 3.55. The maximum Gasteiger partial charge on any atom is 0.327 e. The first kappa shape index (κ1) is 13.4. The molecule has 4 nitrogen and oxygen atoms in total. The van der Waals surface area contributed by atoms with E-state index in [0.717, 1.165) is 28.6 Å². The summed E-state index contributed by atoms with van der Waals surface area (Å²) in [6.45, 7) is 0. The third kappa shape index (κ3) is 3.03. The molecule has 1 atom stereocenters. The lowest BCUT2D eigenvalue weighted by Crippen LogP contribution is -2.31. The number of esters is 1. The Morgan fingerprint density at radius 3 is 2.67 bits per heavy atom. The standard InChI is InChI=1S/C13H16BrNO3/c1-17-11-6-3-8(7-10(11)14)12(13(16)18-2)15-9-4-5-9/h3,6-7,9,12,15H,4-5H2,1-2H3. The molecule has 0 aromatic heterocycles. The van der Waals surface area contributed by atoms with Crippen LogP contribution in [0.1, 0.15) is 24.4 Å². The van der Waals surface area contributed by atoms with Crippen LogP contribution >= 0.6 is 15.9 Å². The number of carbonyl (C=O) groups excluding carboxylic acids is 1.